The number of pyridine rings is 1. The van der Waals surface area contributed by atoms with E-state index in [2.05, 4.69) is 28.3 Å². The van der Waals surface area contributed by atoms with Gasteiger partial charge >= 0.3 is 0 Å². The molecule has 4 nitrogen and oxygen atoms in total. The fourth-order valence-corrected chi connectivity index (χ4v) is 3.53. The molecule has 2 heterocycles. The van der Waals surface area contributed by atoms with Crippen molar-refractivity contribution in [2.75, 3.05) is 19.6 Å². The van der Waals surface area contributed by atoms with Gasteiger partial charge in [-0.2, -0.15) is 4.39 Å². The standard InChI is InChI=1S/C19H24FN3O/c1-4-22(5-2)9-6-10-23-17-11-14(24)7-8-15(17)16-12-18(20)21-13(3)19(16)23/h7-8,11-12,21H,4-6,9-10H2,1-3H3. The highest BCUT2D eigenvalue weighted by Crippen LogP contribution is 2.30. The average molecular weight is 329 g/mol. The molecule has 0 aliphatic rings. The molecule has 0 aliphatic heterocycles. The third kappa shape index (κ3) is 2.96. The second kappa shape index (κ2) is 6.77. The number of H-pyrrole nitrogens is 1. The molecule has 0 saturated heterocycles. The van der Waals surface area contributed by atoms with Gasteiger partial charge in [-0.05, 0) is 45.1 Å². The maximum absolute atomic E-state index is 13.8. The number of halogens is 1. The third-order valence-electron chi connectivity index (χ3n) is 4.76. The van der Waals surface area contributed by atoms with Gasteiger partial charge in [0.1, 0.15) is 0 Å². The van der Waals surface area contributed by atoms with Crippen molar-refractivity contribution in [3.63, 3.8) is 0 Å². The topological polar surface area (TPSA) is 41.0 Å². The Balaban J connectivity index is 2.09. The van der Waals surface area contributed by atoms with E-state index in [1.54, 1.807) is 18.2 Å². The molecule has 2 aromatic heterocycles. The van der Waals surface area contributed by atoms with Gasteiger partial charge in [-0.3, -0.25) is 4.79 Å². The minimum absolute atomic E-state index is 0.0163. The van der Waals surface area contributed by atoms with Crippen LogP contribution in [0.4, 0.5) is 4.39 Å². The number of nitrogens with zero attached hydrogens (tertiary/aromatic N) is 2. The van der Waals surface area contributed by atoms with E-state index < -0.39 is 0 Å². The lowest BCUT2D eigenvalue weighted by molar-refractivity contribution is 0.294. The van der Waals surface area contributed by atoms with Crippen molar-refractivity contribution in [3.05, 3.63) is 46.1 Å². The Morgan fingerprint density at radius 2 is 1.92 bits per heavy atom. The minimum Gasteiger partial charge on any atom is -0.339 e. The van der Waals surface area contributed by atoms with Crippen LogP contribution in [0.15, 0.2) is 29.1 Å². The van der Waals surface area contributed by atoms with Crippen molar-refractivity contribution >= 4 is 21.8 Å². The molecule has 128 valence electrons. The molecule has 1 N–H and O–H groups in total. The molecule has 0 radical (unpaired) electrons. The summed E-state index contributed by atoms with van der Waals surface area (Å²) in [6, 6.07) is 6.53. The Bertz CT molecular complexity index is 922. The first kappa shape index (κ1) is 16.7. The maximum Gasteiger partial charge on any atom is 0.191 e. The summed E-state index contributed by atoms with van der Waals surface area (Å²) in [6.07, 6.45) is 0.987. The van der Waals surface area contributed by atoms with E-state index in [-0.39, 0.29) is 11.4 Å². The molecule has 5 heteroatoms. The Hall–Kier alpha value is -2.14. The number of aryl methyl sites for hydroxylation is 2. The first-order valence-electron chi connectivity index (χ1n) is 8.58. The van der Waals surface area contributed by atoms with Crippen molar-refractivity contribution in [2.24, 2.45) is 0 Å². The van der Waals surface area contributed by atoms with Crippen molar-refractivity contribution in [2.45, 2.75) is 33.7 Å². The molecule has 0 saturated carbocycles. The minimum atomic E-state index is -0.353. The van der Waals surface area contributed by atoms with Crippen LogP contribution in [0.25, 0.3) is 21.8 Å². The number of aromatic nitrogens is 2. The lowest BCUT2D eigenvalue weighted by atomic mass is 10.1. The predicted octanol–water partition coefficient (Wildman–Crippen LogP) is 3.66. The Labute approximate surface area is 140 Å². The van der Waals surface area contributed by atoms with E-state index in [0.717, 1.165) is 60.1 Å². The molecule has 24 heavy (non-hydrogen) atoms. The quantitative estimate of drug-likeness (QED) is 0.701. The molecule has 1 aromatic carbocycles. The molecule has 0 bridgehead atoms. The Morgan fingerprint density at radius 3 is 2.62 bits per heavy atom. The summed E-state index contributed by atoms with van der Waals surface area (Å²) in [7, 11) is 0. The first-order chi connectivity index (χ1) is 11.5. The molecule has 0 aliphatic carbocycles. The maximum atomic E-state index is 13.8. The van der Waals surface area contributed by atoms with Crippen molar-refractivity contribution < 1.29 is 4.39 Å². The normalized spacial score (nSPS) is 11.9. The predicted molar refractivity (Wildman–Crippen MR) is 97.2 cm³/mol. The van der Waals surface area contributed by atoms with E-state index in [9.17, 15) is 9.18 Å². The number of hydrogen-bond donors (Lipinski definition) is 1. The van der Waals surface area contributed by atoms with E-state index in [0.29, 0.717) is 0 Å². The van der Waals surface area contributed by atoms with Crippen LogP contribution in [-0.4, -0.2) is 34.1 Å². The van der Waals surface area contributed by atoms with E-state index in [1.165, 1.54) is 6.07 Å². The van der Waals surface area contributed by atoms with Crippen molar-refractivity contribution in [3.8, 4) is 0 Å². The Kier molecular flexibility index (Phi) is 4.71. The van der Waals surface area contributed by atoms with Gasteiger partial charge in [-0.15, -0.1) is 0 Å². The van der Waals surface area contributed by atoms with Crippen LogP contribution in [0.5, 0.6) is 0 Å². The van der Waals surface area contributed by atoms with Crippen LogP contribution >= 0.6 is 0 Å². The Morgan fingerprint density at radius 1 is 1.17 bits per heavy atom. The number of aromatic amines is 1. The van der Waals surface area contributed by atoms with E-state index in [4.69, 9.17) is 0 Å². The number of fused-ring (bicyclic) bond motifs is 3. The second-order valence-electron chi connectivity index (χ2n) is 6.22. The molecular formula is C19H24FN3O. The average Bonchev–Trinajstić information content (AvgIpc) is 2.85. The van der Waals surface area contributed by atoms with Gasteiger partial charge in [0.25, 0.3) is 0 Å². The SMILES string of the molecule is CCN(CC)CCCn1c2cc(=O)ccc2c2cc(F)[nH]c(C)c21. The zero-order valence-corrected chi connectivity index (χ0v) is 14.5. The van der Waals surface area contributed by atoms with Gasteiger partial charge in [0.05, 0.1) is 11.0 Å². The fourth-order valence-electron chi connectivity index (χ4n) is 3.53. The van der Waals surface area contributed by atoms with Crippen LogP contribution in [0.3, 0.4) is 0 Å². The van der Waals surface area contributed by atoms with Gasteiger partial charge in [-0.1, -0.05) is 13.8 Å². The molecular weight excluding hydrogens is 305 g/mol. The number of rotatable bonds is 6. The molecule has 0 amide bonds. The van der Waals surface area contributed by atoms with Gasteiger partial charge in [0.15, 0.2) is 11.4 Å². The second-order valence-corrected chi connectivity index (χ2v) is 6.22. The molecule has 3 aromatic rings. The fraction of sp³-hybridized carbons (Fsp3) is 0.421. The van der Waals surface area contributed by atoms with E-state index >= 15 is 0 Å². The highest BCUT2D eigenvalue weighted by atomic mass is 19.1. The zero-order chi connectivity index (χ0) is 17.3. The highest BCUT2D eigenvalue weighted by molar-refractivity contribution is 6.08. The summed E-state index contributed by atoms with van der Waals surface area (Å²) in [5, 5.41) is 1.80. The summed E-state index contributed by atoms with van der Waals surface area (Å²) < 4.78 is 16.0. The summed E-state index contributed by atoms with van der Waals surface area (Å²) in [5.74, 6) is -0.353. The van der Waals surface area contributed by atoms with Gasteiger partial charge < -0.3 is 14.5 Å². The summed E-state index contributed by atoms with van der Waals surface area (Å²) in [6.45, 7) is 10.1. The van der Waals surface area contributed by atoms with Crippen LogP contribution in [0.2, 0.25) is 0 Å². The molecule has 3 rings (SSSR count). The van der Waals surface area contributed by atoms with Crippen LogP contribution in [0, 0.1) is 12.9 Å². The number of nitrogens with one attached hydrogen (secondary N) is 1. The molecule has 0 spiro atoms. The van der Waals surface area contributed by atoms with Crippen molar-refractivity contribution in [1.82, 2.24) is 14.5 Å². The summed E-state index contributed by atoms with van der Waals surface area (Å²) in [4.78, 5) is 17.0. The summed E-state index contributed by atoms with van der Waals surface area (Å²) in [5.41, 5.74) is 2.64. The van der Waals surface area contributed by atoms with Crippen molar-refractivity contribution in [1.29, 1.82) is 0 Å². The first-order valence-corrected chi connectivity index (χ1v) is 8.58. The lowest BCUT2D eigenvalue weighted by Gasteiger charge is -2.18. The van der Waals surface area contributed by atoms with E-state index in [1.807, 2.05) is 6.92 Å². The van der Waals surface area contributed by atoms with Gasteiger partial charge in [0.2, 0.25) is 0 Å². The third-order valence-corrected chi connectivity index (χ3v) is 4.76. The monoisotopic (exact) mass is 329 g/mol. The highest BCUT2D eigenvalue weighted by Gasteiger charge is 2.14. The number of benzene rings is 1. The molecule has 0 atom stereocenters. The zero-order valence-electron chi connectivity index (χ0n) is 14.5. The van der Waals surface area contributed by atoms with Crippen LogP contribution in [0.1, 0.15) is 26.0 Å². The van der Waals surface area contributed by atoms with Gasteiger partial charge in [-0.25, -0.2) is 0 Å². The summed E-state index contributed by atoms with van der Waals surface area (Å²) >= 11 is 0. The van der Waals surface area contributed by atoms with Crippen LogP contribution < -0.4 is 5.43 Å². The van der Waals surface area contributed by atoms with Crippen LogP contribution in [-0.2, 0) is 6.54 Å². The molecule has 0 fully saturated rings. The smallest absolute Gasteiger partial charge is 0.191 e. The lowest BCUT2D eigenvalue weighted by Crippen LogP contribution is -2.24. The number of hydrogen-bond acceptors (Lipinski definition) is 2. The molecule has 0 unspecified atom stereocenters. The van der Waals surface area contributed by atoms with Gasteiger partial charge in [0, 0.05) is 35.1 Å². The largest absolute Gasteiger partial charge is 0.339 e.